The number of nitrogens with zero attached hydrogens (tertiary/aromatic N) is 2. The Labute approximate surface area is 178 Å². The van der Waals surface area contributed by atoms with E-state index in [-0.39, 0.29) is 17.9 Å². The maximum absolute atomic E-state index is 12.6. The number of amides is 3. The van der Waals surface area contributed by atoms with Crippen molar-refractivity contribution in [1.29, 1.82) is 0 Å². The van der Waals surface area contributed by atoms with Gasteiger partial charge in [0.25, 0.3) is 4.90 Å². The van der Waals surface area contributed by atoms with E-state index in [4.69, 9.17) is 17.3 Å². The molecule has 2 N–H and O–H groups in total. The van der Waals surface area contributed by atoms with Gasteiger partial charge in [0.2, 0.25) is 5.91 Å². The predicted octanol–water partition coefficient (Wildman–Crippen LogP) is 3.12. The molecule has 3 amide bonds. The van der Waals surface area contributed by atoms with Crippen LogP contribution in [0.2, 0.25) is 5.02 Å². The van der Waals surface area contributed by atoms with Gasteiger partial charge in [-0.25, -0.2) is 4.79 Å². The van der Waals surface area contributed by atoms with Crippen LogP contribution in [0.25, 0.3) is 11.1 Å². The van der Waals surface area contributed by atoms with Gasteiger partial charge in [0.05, 0.1) is 11.5 Å². The van der Waals surface area contributed by atoms with E-state index in [0.29, 0.717) is 60.1 Å². The lowest BCUT2D eigenvalue weighted by Crippen LogP contribution is -2.53. The highest BCUT2D eigenvalue weighted by atomic mass is 35.5. The molecule has 2 fully saturated rings. The minimum absolute atomic E-state index is 0.0140. The first kappa shape index (κ1) is 19.8. The number of hydrogen-bond acceptors (Lipinski definition) is 3. The van der Waals surface area contributed by atoms with Gasteiger partial charge in [0.15, 0.2) is 0 Å². The first-order valence-corrected chi connectivity index (χ1v) is 10.6. The third-order valence-electron chi connectivity index (χ3n) is 5.74. The molecule has 29 heavy (non-hydrogen) atoms. The number of primary amides is 1. The summed E-state index contributed by atoms with van der Waals surface area (Å²) >= 11 is 6.41. The van der Waals surface area contributed by atoms with E-state index < -0.39 is 0 Å². The molecular weight excluding hydrogens is 410 g/mol. The average molecular weight is 431 g/mol. The van der Waals surface area contributed by atoms with Crippen LogP contribution in [-0.2, 0) is 20.7 Å². The van der Waals surface area contributed by atoms with Gasteiger partial charge in [-0.05, 0) is 29.7 Å². The molecule has 6 nitrogen and oxygen atoms in total. The first-order valence-electron chi connectivity index (χ1n) is 9.49. The van der Waals surface area contributed by atoms with Crippen molar-refractivity contribution in [2.45, 2.75) is 17.2 Å². The third-order valence-corrected chi connectivity index (χ3v) is 6.49. The summed E-state index contributed by atoms with van der Waals surface area (Å²) in [7, 11) is 0. The molecule has 0 radical (unpaired) electrons. The lowest BCUT2D eigenvalue weighted by atomic mass is 9.90. The molecule has 0 bridgehead atoms. The summed E-state index contributed by atoms with van der Waals surface area (Å²) in [5.41, 5.74) is 8.34. The summed E-state index contributed by atoms with van der Waals surface area (Å²) in [6.45, 7) is 2.34. The zero-order valence-electron chi connectivity index (χ0n) is 15.7. The fourth-order valence-electron chi connectivity index (χ4n) is 3.95. The summed E-state index contributed by atoms with van der Waals surface area (Å²) in [5.74, 6) is -0.268. The molecule has 0 unspecified atom stereocenters. The molecule has 2 aromatic carbocycles. The zero-order valence-corrected chi connectivity index (χ0v) is 17.3. The van der Waals surface area contributed by atoms with Crippen molar-refractivity contribution in [3.8, 4) is 11.1 Å². The summed E-state index contributed by atoms with van der Waals surface area (Å²) < 4.78 is 11.4. The summed E-state index contributed by atoms with van der Waals surface area (Å²) in [6.07, 6.45) is 0.647. The molecule has 0 aromatic heterocycles. The summed E-state index contributed by atoms with van der Waals surface area (Å²) in [5, 5.41) is 0.545. The highest BCUT2D eigenvalue weighted by Gasteiger charge is 2.37. The van der Waals surface area contributed by atoms with Gasteiger partial charge in [-0.1, -0.05) is 35.9 Å². The molecule has 2 aliphatic heterocycles. The first-order chi connectivity index (χ1) is 14.0. The van der Waals surface area contributed by atoms with Crippen LogP contribution in [-0.4, -0.2) is 47.9 Å². The SMILES string of the molecule is NC(=O)[C@@H]1CCN(C(=O)N2CC(c3ccc(-c4ccc(Cl)cc4[S+]=O)cc3)C2)C1. The number of rotatable bonds is 4. The Balaban J connectivity index is 1.38. The molecule has 1 atom stereocenters. The van der Waals surface area contributed by atoms with E-state index in [9.17, 15) is 13.8 Å². The molecule has 150 valence electrons. The second-order valence-corrected chi connectivity index (χ2v) is 8.61. The van der Waals surface area contributed by atoms with Gasteiger partial charge in [0, 0.05) is 47.4 Å². The normalized spacial score (nSPS) is 19.1. The molecule has 2 aromatic rings. The van der Waals surface area contributed by atoms with Crippen molar-refractivity contribution in [1.82, 2.24) is 9.80 Å². The van der Waals surface area contributed by atoms with Gasteiger partial charge in [-0.3, -0.25) is 4.79 Å². The van der Waals surface area contributed by atoms with Crippen molar-refractivity contribution in [2.75, 3.05) is 26.2 Å². The van der Waals surface area contributed by atoms with Crippen molar-refractivity contribution >= 4 is 35.2 Å². The molecule has 2 heterocycles. The molecule has 2 aliphatic rings. The molecule has 0 spiro atoms. The van der Waals surface area contributed by atoms with E-state index in [0.717, 1.165) is 11.1 Å². The molecule has 0 aliphatic carbocycles. The number of carbonyl (C=O) groups is 2. The van der Waals surface area contributed by atoms with Gasteiger partial charge < -0.3 is 15.5 Å². The number of halogens is 1. The number of likely N-dealkylation sites (tertiary alicyclic amines) is 2. The Bertz CT molecular complexity index is 960. The van der Waals surface area contributed by atoms with Gasteiger partial charge in [-0.15, -0.1) is 0 Å². The minimum Gasteiger partial charge on any atom is -0.369 e. The zero-order chi connectivity index (χ0) is 20.5. The molecule has 2 saturated heterocycles. The molecule has 8 heteroatoms. The van der Waals surface area contributed by atoms with Gasteiger partial charge >= 0.3 is 17.7 Å². The predicted molar refractivity (Wildman–Crippen MR) is 112 cm³/mol. The second kappa shape index (κ2) is 8.08. The lowest BCUT2D eigenvalue weighted by Gasteiger charge is -2.41. The highest BCUT2D eigenvalue weighted by Crippen LogP contribution is 2.32. The van der Waals surface area contributed by atoms with E-state index in [1.54, 1.807) is 17.0 Å². The maximum atomic E-state index is 12.6. The Kier molecular flexibility index (Phi) is 5.52. The molecule has 4 rings (SSSR count). The van der Waals surface area contributed by atoms with Crippen LogP contribution in [0.4, 0.5) is 4.79 Å². The molecular formula is C21H21ClN3O3S+. The van der Waals surface area contributed by atoms with E-state index in [2.05, 4.69) is 12.1 Å². The quantitative estimate of drug-likeness (QED) is 0.756. The van der Waals surface area contributed by atoms with Crippen molar-refractivity contribution in [2.24, 2.45) is 11.7 Å². The van der Waals surface area contributed by atoms with Crippen LogP contribution in [0.3, 0.4) is 0 Å². The second-order valence-electron chi connectivity index (χ2n) is 7.56. The smallest absolute Gasteiger partial charge is 0.369 e. The van der Waals surface area contributed by atoms with Crippen LogP contribution in [0.5, 0.6) is 0 Å². The van der Waals surface area contributed by atoms with E-state index in [1.165, 1.54) is 5.56 Å². The third kappa shape index (κ3) is 3.97. The Morgan fingerprint density at radius 1 is 1.03 bits per heavy atom. The van der Waals surface area contributed by atoms with Gasteiger partial charge in [-0.2, -0.15) is 0 Å². The van der Waals surface area contributed by atoms with Crippen LogP contribution in [0, 0.1) is 5.92 Å². The fraction of sp³-hybridized carbons (Fsp3) is 0.333. The number of nitrogens with two attached hydrogens (primary N) is 1. The van der Waals surface area contributed by atoms with Crippen LogP contribution < -0.4 is 5.73 Å². The number of hydrogen-bond donors (Lipinski definition) is 1. The van der Waals surface area contributed by atoms with Crippen molar-refractivity contribution < 1.29 is 13.8 Å². The number of carbonyl (C=O) groups excluding carboxylic acids is 2. The lowest BCUT2D eigenvalue weighted by molar-refractivity contribution is -0.121. The standard InChI is InChI=1S/C21H20ClN3O3S/c22-17-5-6-18(19(9-17)29-28)14-3-1-13(2-4-14)16-11-25(12-16)21(27)24-8-7-15(10-24)20(23)26/h1-6,9,15-16H,7-8,10-12H2,(H-,23,26)/p+1/t15-/m1/s1. The fourth-order valence-corrected chi connectivity index (χ4v) is 4.64. The topological polar surface area (TPSA) is 83.7 Å². The summed E-state index contributed by atoms with van der Waals surface area (Å²) in [6, 6.07) is 13.4. The minimum atomic E-state index is -0.332. The van der Waals surface area contributed by atoms with E-state index >= 15 is 0 Å². The Morgan fingerprint density at radius 2 is 1.76 bits per heavy atom. The highest BCUT2D eigenvalue weighted by molar-refractivity contribution is 7.65. The maximum Gasteiger partial charge on any atom is 0.505 e. The largest absolute Gasteiger partial charge is 0.505 e. The van der Waals surface area contributed by atoms with Crippen molar-refractivity contribution in [3.05, 3.63) is 53.1 Å². The number of benzene rings is 2. The number of urea groups is 1. The van der Waals surface area contributed by atoms with Crippen molar-refractivity contribution in [3.63, 3.8) is 0 Å². The van der Waals surface area contributed by atoms with Gasteiger partial charge in [0.1, 0.15) is 0 Å². The van der Waals surface area contributed by atoms with E-state index in [1.807, 2.05) is 23.1 Å². The van der Waals surface area contributed by atoms with Crippen LogP contribution in [0.1, 0.15) is 17.9 Å². The Morgan fingerprint density at radius 3 is 2.38 bits per heavy atom. The summed E-state index contributed by atoms with van der Waals surface area (Å²) in [4.78, 5) is 28.0. The Hall–Kier alpha value is -2.51. The van der Waals surface area contributed by atoms with Crippen LogP contribution >= 0.6 is 11.6 Å². The molecule has 0 saturated carbocycles. The monoisotopic (exact) mass is 430 g/mol. The average Bonchev–Trinajstić information content (AvgIpc) is 3.18. The van der Waals surface area contributed by atoms with Crippen LogP contribution in [0.15, 0.2) is 47.4 Å².